The molecule has 1 rings (SSSR count). The number of rotatable bonds is 5. The largest absolute Gasteiger partial charge is 0.573 e. The van der Waals surface area contributed by atoms with Crippen LogP contribution in [0.3, 0.4) is 0 Å². The lowest BCUT2D eigenvalue weighted by molar-refractivity contribution is -0.274. The summed E-state index contributed by atoms with van der Waals surface area (Å²) in [7, 11) is 0. The molecule has 0 fully saturated rings. The Morgan fingerprint density at radius 3 is 2.57 bits per heavy atom. The second-order valence-electron chi connectivity index (χ2n) is 3.88. The van der Waals surface area contributed by atoms with Crippen molar-refractivity contribution in [1.29, 1.82) is 5.26 Å². The number of ether oxygens (including phenoxy) is 2. The summed E-state index contributed by atoms with van der Waals surface area (Å²) < 4.78 is 45.1. The van der Waals surface area contributed by atoms with Gasteiger partial charge in [0.05, 0.1) is 19.6 Å². The number of nitriles is 1. The van der Waals surface area contributed by atoms with Gasteiger partial charge in [-0.3, -0.25) is 4.79 Å². The Balaban J connectivity index is 3.20. The lowest BCUT2D eigenvalue weighted by Crippen LogP contribution is -2.19. The van der Waals surface area contributed by atoms with Crippen LogP contribution in [0.4, 0.5) is 13.2 Å². The summed E-state index contributed by atoms with van der Waals surface area (Å²) in [6, 6.07) is 3.66. The highest BCUT2D eigenvalue weighted by Crippen LogP contribution is 2.30. The SMILES string of the molecule is CCOC(=O)Cc1ccc(OC(F)(F)F)c(C#N)c1CO. The molecule has 1 N–H and O–H groups in total. The van der Waals surface area contributed by atoms with E-state index in [4.69, 9.17) is 10.00 Å². The highest BCUT2D eigenvalue weighted by molar-refractivity contribution is 5.73. The molecule has 0 bridgehead atoms. The molecule has 1 aromatic carbocycles. The third-order valence-electron chi connectivity index (χ3n) is 2.51. The van der Waals surface area contributed by atoms with Gasteiger partial charge in [-0.2, -0.15) is 5.26 Å². The molecular formula is C13H12F3NO4. The molecule has 0 heterocycles. The number of esters is 1. The number of benzene rings is 1. The van der Waals surface area contributed by atoms with Crippen molar-refractivity contribution in [2.24, 2.45) is 0 Å². The number of carbonyl (C=O) groups is 1. The van der Waals surface area contributed by atoms with Gasteiger partial charge in [-0.1, -0.05) is 6.07 Å². The first kappa shape index (κ1) is 16.8. The second kappa shape index (κ2) is 6.95. The summed E-state index contributed by atoms with van der Waals surface area (Å²) in [5.74, 6) is -1.33. The van der Waals surface area contributed by atoms with Gasteiger partial charge in [0, 0.05) is 5.56 Å². The quantitative estimate of drug-likeness (QED) is 0.842. The van der Waals surface area contributed by atoms with Gasteiger partial charge in [-0.15, -0.1) is 13.2 Å². The van der Waals surface area contributed by atoms with Gasteiger partial charge in [-0.25, -0.2) is 0 Å². The van der Waals surface area contributed by atoms with Gasteiger partial charge in [0.25, 0.3) is 0 Å². The maximum absolute atomic E-state index is 12.2. The number of alkyl halides is 3. The molecule has 0 spiro atoms. The molecule has 0 atom stereocenters. The fourth-order valence-corrected chi connectivity index (χ4v) is 1.72. The first-order valence-corrected chi connectivity index (χ1v) is 5.89. The Kier molecular flexibility index (Phi) is 5.55. The zero-order chi connectivity index (χ0) is 16.0. The van der Waals surface area contributed by atoms with Crippen molar-refractivity contribution in [2.75, 3.05) is 6.61 Å². The van der Waals surface area contributed by atoms with E-state index in [0.29, 0.717) is 0 Å². The van der Waals surface area contributed by atoms with Crippen LogP contribution in [0.15, 0.2) is 12.1 Å². The number of halogens is 3. The molecule has 114 valence electrons. The average Bonchev–Trinajstić information content (AvgIpc) is 2.38. The van der Waals surface area contributed by atoms with Crippen molar-refractivity contribution >= 4 is 5.97 Å². The average molecular weight is 303 g/mol. The number of aliphatic hydroxyl groups excluding tert-OH is 1. The van der Waals surface area contributed by atoms with E-state index in [9.17, 15) is 23.1 Å². The van der Waals surface area contributed by atoms with Crippen LogP contribution >= 0.6 is 0 Å². The predicted molar refractivity (Wildman–Crippen MR) is 64.1 cm³/mol. The van der Waals surface area contributed by atoms with E-state index in [1.54, 1.807) is 13.0 Å². The van der Waals surface area contributed by atoms with Crippen LogP contribution in [-0.4, -0.2) is 24.0 Å². The summed E-state index contributed by atoms with van der Waals surface area (Å²) in [5.41, 5.74) is -0.342. The van der Waals surface area contributed by atoms with Crippen molar-refractivity contribution in [3.05, 3.63) is 28.8 Å². The monoisotopic (exact) mass is 303 g/mol. The normalized spacial score (nSPS) is 10.9. The van der Waals surface area contributed by atoms with E-state index in [1.165, 1.54) is 6.07 Å². The number of nitrogens with zero attached hydrogens (tertiary/aromatic N) is 1. The standard InChI is InChI=1S/C13H12F3NO4/c1-2-20-12(19)5-8-3-4-11(21-13(14,15)16)9(6-17)10(8)7-18/h3-4,18H,2,5,7H2,1H3. The molecule has 0 radical (unpaired) electrons. The smallest absolute Gasteiger partial charge is 0.466 e. The van der Waals surface area contributed by atoms with Crippen molar-refractivity contribution in [3.8, 4) is 11.8 Å². The number of hydrogen-bond donors (Lipinski definition) is 1. The molecule has 0 saturated heterocycles. The van der Waals surface area contributed by atoms with Crippen LogP contribution in [0, 0.1) is 11.3 Å². The minimum Gasteiger partial charge on any atom is -0.466 e. The van der Waals surface area contributed by atoms with E-state index in [2.05, 4.69) is 4.74 Å². The van der Waals surface area contributed by atoms with Crippen LogP contribution in [0.25, 0.3) is 0 Å². The molecule has 0 aliphatic rings. The van der Waals surface area contributed by atoms with Gasteiger partial charge in [0.2, 0.25) is 0 Å². The van der Waals surface area contributed by atoms with E-state index in [1.807, 2.05) is 0 Å². The molecule has 0 unspecified atom stereocenters. The third-order valence-corrected chi connectivity index (χ3v) is 2.51. The zero-order valence-electron chi connectivity index (χ0n) is 11.0. The summed E-state index contributed by atoms with van der Waals surface area (Å²) >= 11 is 0. The summed E-state index contributed by atoms with van der Waals surface area (Å²) in [6.45, 7) is 1.05. The molecule has 5 nitrogen and oxygen atoms in total. The predicted octanol–water partition coefficient (Wildman–Crippen LogP) is 2.05. The molecule has 0 amide bonds. The lowest BCUT2D eigenvalue weighted by Gasteiger charge is -2.15. The summed E-state index contributed by atoms with van der Waals surface area (Å²) in [4.78, 5) is 11.4. The third kappa shape index (κ3) is 4.65. The fourth-order valence-electron chi connectivity index (χ4n) is 1.72. The van der Waals surface area contributed by atoms with Gasteiger partial charge >= 0.3 is 12.3 Å². The van der Waals surface area contributed by atoms with Crippen molar-refractivity contribution in [1.82, 2.24) is 0 Å². The number of carbonyl (C=O) groups excluding carboxylic acids is 1. The molecule has 0 aliphatic heterocycles. The Labute approximate surface area is 118 Å². The maximum Gasteiger partial charge on any atom is 0.573 e. The van der Waals surface area contributed by atoms with Crippen molar-refractivity contribution in [3.63, 3.8) is 0 Å². The minimum absolute atomic E-state index is 0.0905. The van der Waals surface area contributed by atoms with E-state index >= 15 is 0 Å². The van der Waals surface area contributed by atoms with Crippen LogP contribution in [-0.2, 0) is 22.6 Å². The van der Waals surface area contributed by atoms with Gasteiger partial charge < -0.3 is 14.6 Å². The Bertz CT molecular complexity index is 564. The van der Waals surface area contributed by atoms with Crippen molar-refractivity contribution in [2.45, 2.75) is 26.3 Å². The van der Waals surface area contributed by atoms with E-state index in [0.717, 1.165) is 6.07 Å². The van der Waals surface area contributed by atoms with E-state index in [-0.39, 0.29) is 24.2 Å². The van der Waals surface area contributed by atoms with Gasteiger partial charge in [0.15, 0.2) is 0 Å². The lowest BCUT2D eigenvalue weighted by atomic mass is 9.99. The minimum atomic E-state index is -4.96. The van der Waals surface area contributed by atoms with Crippen LogP contribution < -0.4 is 4.74 Å². The molecule has 1 aromatic rings. The molecule has 21 heavy (non-hydrogen) atoms. The Morgan fingerprint density at radius 1 is 1.43 bits per heavy atom. The van der Waals surface area contributed by atoms with Gasteiger partial charge in [-0.05, 0) is 18.6 Å². The molecule has 8 heteroatoms. The topological polar surface area (TPSA) is 79.5 Å². The highest BCUT2D eigenvalue weighted by atomic mass is 19.4. The molecular weight excluding hydrogens is 291 g/mol. The van der Waals surface area contributed by atoms with E-state index < -0.39 is 30.3 Å². The van der Waals surface area contributed by atoms with Gasteiger partial charge in [0.1, 0.15) is 17.4 Å². The first-order valence-electron chi connectivity index (χ1n) is 5.89. The second-order valence-corrected chi connectivity index (χ2v) is 3.88. The maximum atomic E-state index is 12.2. The molecule has 0 saturated carbocycles. The van der Waals surface area contributed by atoms with Crippen molar-refractivity contribution < 1.29 is 32.5 Å². The van der Waals surface area contributed by atoms with Crippen LogP contribution in [0.5, 0.6) is 5.75 Å². The summed E-state index contributed by atoms with van der Waals surface area (Å²) in [5, 5.41) is 18.2. The van der Waals surface area contributed by atoms with Crippen LogP contribution in [0.2, 0.25) is 0 Å². The first-order chi connectivity index (χ1) is 9.82. The summed E-state index contributed by atoms with van der Waals surface area (Å²) in [6.07, 6.45) is -5.22. The molecule has 0 aliphatic carbocycles. The number of aliphatic hydroxyl groups is 1. The molecule has 0 aromatic heterocycles. The van der Waals surface area contributed by atoms with Crippen LogP contribution in [0.1, 0.15) is 23.6 Å². The fraction of sp³-hybridized carbons (Fsp3) is 0.385. The Hall–Kier alpha value is -2.27. The highest BCUT2D eigenvalue weighted by Gasteiger charge is 2.33. The zero-order valence-corrected chi connectivity index (χ0v) is 11.0. The number of hydrogen-bond acceptors (Lipinski definition) is 5. The Morgan fingerprint density at radius 2 is 2.10 bits per heavy atom.